The van der Waals surface area contributed by atoms with Gasteiger partial charge in [0, 0.05) is 29.9 Å². The summed E-state index contributed by atoms with van der Waals surface area (Å²) < 4.78 is 15.3. The van der Waals surface area contributed by atoms with Gasteiger partial charge in [-0.05, 0) is 24.3 Å². The molecule has 0 atom stereocenters. The maximum Gasteiger partial charge on any atom is 0.249 e. The van der Waals surface area contributed by atoms with E-state index in [1.54, 1.807) is 36.5 Å². The average Bonchev–Trinajstić information content (AvgIpc) is 2.81. The number of rotatable bonds is 7. The molecule has 8 nitrogen and oxygen atoms in total. The number of nitrogens with zero attached hydrogens (tertiary/aromatic N) is 3. The number of fused-ring (bicyclic) bond motifs is 1. The number of anilines is 3. The summed E-state index contributed by atoms with van der Waals surface area (Å²) in [6, 6.07) is 18.1. The zero-order valence-corrected chi connectivity index (χ0v) is 16.6. The molecule has 0 bridgehead atoms. The highest BCUT2D eigenvalue weighted by atomic mass is 19.1. The van der Waals surface area contributed by atoms with Crippen molar-refractivity contribution in [2.75, 3.05) is 24.5 Å². The normalized spacial score (nSPS) is 10.6. The van der Waals surface area contributed by atoms with Crippen molar-refractivity contribution < 1.29 is 14.0 Å². The van der Waals surface area contributed by atoms with E-state index >= 15 is 4.39 Å². The highest BCUT2D eigenvalue weighted by Crippen LogP contribution is 2.29. The molecular weight excluding hydrogens is 399 g/mol. The van der Waals surface area contributed by atoms with Crippen LogP contribution in [0, 0.1) is 5.82 Å². The number of amides is 1. The highest BCUT2D eigenvalue weighted by Gasteiger charge is 2.17. The maximum atomic E-state index is 15.3. The fraction of sp³-hybridized carbons (Fsp3) is 0.0909. The number of likely N-dealkylation sites (N-methyl/N-ethyl adjacent to an activating group) is 1. The Morgan fingerprint density at radius 2 is 1.90 bits per heavy atom. The van der Waals surface area contributed by atoms with Crippen LogP contribution >= 0.6 is 0 Å². The Kier molecular flexibility index (Phi) is 5.95. The average molecular weight is 418 g/mol. The number of benzene rings is 2. The first-order chi connectivity index (χ1) is 15.1. The summed E-state index contributed by atoms with van der Waals surface area (Å²) in [7, 11) is 1.49. The van der Waals surface area contributed by atoms with Crippen LogP contribution in [0.2, 0.25) is 0 Å². The number of hydrogen-bond acceptors (Lipinski definition) is 7. The summed E-state index contributed by atoms with van der Waals surface area (Å²) in [6.07, 6.45) is 1.71. The molecule has 0 aliphatic rings. The first-order valence-electron chi connectivity index (χ1n) is 9.47. The molecule has 156 valence electrons. The number of nitrogens with one attached hydrogen (secondary N) is 3. The molecule has 0 unspecified atom stereocenters. The van der Waals surface area contributed by atoms with E-state index in [9.17, 15) is 4.79 Å². The first kappa shape index (κ1) is 20.2. The molecule has 2 heterocycles. The van der Waals surface area contributed by atoms with Gasteiger partial charge in [-0.3, -0.25) is 14.6 Å². The molecule has 0 spiro atoms. The lowest BCUT2D eigenvalue weighted by Crippen LogP contribution is -2.25. The quantitative estimate of drug-likeness (QED) is 0.394. The van der Waals surface area contributed by atoms with E-state index in [-0.39, 0.29) is 30.0 Å². The van der Waals surface area contributed by atoms with Crippen molar-refractivity contribution in [3.8, 4) is 11.3 Å². The second-order valence-electron chi connectivity index (χ2n) is 6.52. The van der Waals surface area contributed by atoms with E-state index in [1.807, 2.05) is 30.3 Å². The number of carbonyl (C=O) groups excluding carboxylic acids is 1. The Hall–Kier alpha value is -4.11. The van der Waals surface area contributed by atoms with Crippen LogP contribution in [-0.2, 0) is 9.63 Å². The number of pyridine rings is 1. The SMILES string of the molecule is CNC(=O)CONc1nc(Nc2ccc3ncccc3c2)c(F)c(-c2ccccc2)n1. The van der Waals surface area contributed by atoms with Crippen LogP contribution in [0.3, 0.4) is 0 Å². The summed E-state index contributed by atoms with van der Waals surface area (Å²) in [6.45, 7) is -0.252. The van der Waals surface area contributed by atoms with Gasteiger partial charge in [0.05, 0.1) is 5.52 Å². The monoisotopic (exact) mass is 418 g/mol. The van der Waals surface area contributed by atoms with E-state index in [4.69, 9.17) is 4.84 Å². The Bertz CT molecular complexity index is 1220. The van der Waals surface area contributed by atoms with Crippen molar-refractivity contribution in [3.63, 3.8) is 0 Å². The molecule has 2 aromatic heterocycles. The lowest BCUT2D eigenvalue weighted by Gasteiger charge is -2.13. The van der Waals surface area contributed by atoms with E-state index in [1.165, 1.54) is 7.05 Å². The van der Waals surface area contributed by atoms with Gasteiger partial charge in [-0.2, -0.15) is 4.98 Å². The van der Waals surface area contributed by atoms with Gasteiger partial charge in [0.2, 0.25) is 11.9 Å². The number of carbonyl (C=O) groups is 1. The van der Waals surface area contributed by atoms with Gasteiger partial charge in [0.1, 0.15) is 5.69 Å². The van der Waals surface area contributed by atoms with Crippen molar-refractivity contribution in [2.24, 2.45) is 0 Å². The molecule has 0 radical (unpaired) electrons. The topological polar surface area (TPSA) is 101 Å². The van der Waals surface area contributed by atoms with Crippen molar-refractivity contribution >= 4 is 34.3 Å². The minimum atomic E-state index is -0.616. The fourth-order valence-electron chi connectivity index (χ4n) is 2.89. The number of halogens is 1. The van der Waals surface area contributed by atoms with E-state index in [0.29, 0.717) is 11.3 Å². The second kappa shape index (κ2) is 9.14. The van der Waals surface area contributed by atoms with Gasteiger partial charge in [-0.1, -0.05) is 36.4 Å². The third-order valence-electron chi connectivity index (χ3n) is 4.41. The predicted octanol–water partition coefficient (Wildman–Crippen LogP) is 3.66. The molecule has 2 aromatic carbocycles. The summed E-state index contributed by atoms with van der Waals surface area (Å²) in [5.74, 6) is -0.979. The summed E-state index contributed by atoms with van der Waals surface area (Å²) in [5.41, 5.74) is 4.62. The van der Waals surface area contributed by atoms with E-state index in [0.717, 1.165) is 10.9 Å². The zero-order chi connectivity index (χ0) is 21.6. The third-order valence-corrected chi connectivity index (χ3v) is 4.41. The number of hydrogen-bond donors (Lipinski definition) is 3. The van der Waals surface area contributed by atoms with E-state index < -0.39 is 5.82 Å². The van der Waals surface area contributed by atoms with Gasteiger partial charge in [-0.25, -0.2) is 14.9 Å². The molecule has 3 N–H and O–H groups in total. The largest absolute Gasteiger partial charge is 0.357 e. The molecule has 4 aromatic rings. The Balaban J connectivity index is 1.68. The van der Waals surface area contributed by atoms with Crippen LogP contribution < -0.4 is 16.1 Å². The molecule has 0 saturated heterocycles. The van der Waals surface area contributed by atoms with Crippen LogP contribution in [0.1, 0.15) is 0 Å². The molecule has 4 rings (SSSR count). The van der Waals surface area contributed by atoms with Crippen molar-refractivity contribution in [1.82, 2.24) is 20.3 Å². The molecular formula is C22H19FN6O2. The van der Waals surface area contributed by atoms with Crippen molar-refractivity contribution in [1.29, 1.82) is 0 Å². The second-order valence-corrected chi connectivity index (χ2v) is 6.52. The van der Waals surface area contributed by atoms with Crippen LogP contribution in [0.5, 0.6) is 0 Å². The summed E-state index contributed by atoms with van der Waals surface area (Å²) in [4.78, 5) is 29.2. The van der Waals surface area contributed by atoms with Crippen LogP contribution in [-0.4, -0.2) is 34.5 Å². The molecule has 9 heteroatoms. The van der Waals surface area contributed by atoms with Gasteiger partial charge in [0.25, 0.3) is 0 Å². The molecule has 0 saturated carbocycles. The van der Waals surface area contributed by atoms with Crippen LogP contribution in [0.15, 0.2) is 66.9 Å². The number of aromatic nitrogens is 3. The zero-order valence-electron chi connectivity index (χ0n) is 16.6. The smallest absolute Gasteiger partial charge is 0.249 e. The molecule has 1 amide bonds. The standard InChI is InChI=1S/C22H19FN6O2/c1-24-18(30)13-31-29-22-27-20(14-6-3-2-4-7-14)19(23)21(28-22)26-16-9-10-17-15(12-16)8-5-11-25-17/h2-12H,13H2,1H3,(H,24,30)(H2,26,27,28,29). The lowest BCUT2D eigenvalue weighted by molar-refractivity contribution is -0.124. The minimum Gasteiger partial charge on any atom is -0.357 e. The van der Waals surface area contributed by atoms with Crippen molar-refractivity contribution in [2.45, 2.75) is 0 Å². The highest BCUT2D eigenvalue weighted by molar-refractivity contribution is 5.83. The summed E-state index contributed by atoms with van der Waals surface area (Å²) in [5, 5.41) is 6.33. The Morgan fingerprint density at radius 1 is 1.06 bits per heavy atom. The fourth-order valence-corrected chi connectivity index (χ4v) is 2.89. The van der Waals surface area contributed by atoms with Gasteiger partial charge in [-0.15, -0.1) is 0 Å². The Morgan fingerprint density at radius 3 is 2.71 bits per heavy atom. The summed E-state index contributed by atoms with van der Waals surface area (Å²) >= 11 is 0. The molecule has 0 aliphatic carbocycles. The van der Waals surface area contributed by atoms with Crippen LogP contribution in [0.25, 0.3) is 22.2 Å². The first-order valence-corrected chi connectivity index (χ1v) is 9.47. The van der Waals surface area contributed by atoms with Gasteiger partial charge >= 0.3 is 0 Å². The molecule has 0 aliphatic heterocycles. The third kappa shape index (κ3) is 4.73. The maximum absolute atomic E-state index is 15.3. The van der Waals surface area contributed by atoms with E-state index in [2.05, 4.69) is 31.1 Å². The molecule has 31 heavy (non-hydrogen) atoms. The van der Waals surface area contributed by atoms with Crippen LogP contribution in [0.4, 0.5) is 21.8 Å². The molecule has 0 fully saturated rings. The van der Waals surface area contributed by atoms with Gasteiger partial charge < -0.3 is 10.6 Å². The predicted molar refractivity (Wildman–Crippen MR) is 116 cm³/mol. The van der Waals surface area contributed by atoms with Gasteiger partial charge in [0.15, 0.2) is 18.2 Å². The Labute approximate surface area is 177 Å². The minimum absolute atomic E-state index is 0.00844. The van der Waals surface area contributed by atoms with Crippen molar-refractivity contribution in [3.05, 3.63) is 72.7 Å². The lowest BCUT2D eigenvalue weighted by atomic mass is 10.1.